The van der Waals surface area contributed by atoms with Crippen molar-refractivity contribution in [2.75, 3.05) is 6.61 Å². The van der Waals surface area contributed by atoms with Gasteiger partial charge in [-0.15, -0.1) is 0 Å². The number of amides is 1. The Morgan fingerprint density at radius 2 is 2.36 bits per heavy atom. The maximum atomic E-state index is 10.3. The second-order valence-corrected chi connectivity index (χ2v) is 3.14. The second-order valence-electron chi connectivity index (χ2n) is 2.70. The molecule has 5 heteroatoms. The first-order valence-electron chi connectivity index (χ1n) is 3.95. The van der Waals surface area contributed by atoms with Crippen LogP contribution in [0.25, 0.3) is 0 Å². The van der Waals surface area contributed by atoms with Crippen LogP contribution in [0.15, 0.2) is 24.3 Å². The quantitative estimate of drug-likeness (QED) is 0.802. The fourth-order valence-corrected chi connectivity index (χ4v) is 1.17. The van der Waals surface area contributed by atoms with Gasteiger partial charge in [-0.2, -0.15) is 0 Å². The number of halogens is 1. The number of primary amides is 1. The van der Waals surface area contributed by atoms with Crippen molar-refractivity contribution >= 4 is 17.7 Å². The van der Waals surface area contributed by atoms with E-state index in [-0.39, 0.29) is 6.61 Å². The predicted molar refractivity (Wildman–Crippen MR) is 51.9 cm³/mol. The maximum Gasteiger partial charge on any atom is 0.404 e. The highest BCUT2D eigenvalue weighted by atomic mass is 35.5. The van der Waals surface area contributed by atoms with Crippen molar-refractivity contribution in [3.8, 4) is 0 Å². The largest absolute Gasteiger partial charge is 0.447 e. The highest BCUT2D eigenvalue weighted by Crippen LogP contribution is 2.17. The first-order valence-corrected chi connectivity index (χ1v) is 4.33. The zero-order valence-electron chi connectivity index (χ0n) is 7.31. The van der Waals surface area contributed by atoms with Crippen LogP contribution in [-0.4, -0.2) is 17.8 Å². The molecule has 1 aromatic rings. The predicted octanol–water partition coefficient (Wildman–Crippen LogP) is 1.47. The third-order valence-electron chi connectivity index (χ3n) is 1.62. The molecular weight excluding hydrogens is 206 g/mol. The molecule has 1 amide bonds. The lowest BCUT2D eigenvalue weighted by molar-refractivity contribution is 0.0729. The van der Waals surface area contributed by atoms with Gasteiger partial charge in [0, 0.05) is 5.02 Å². The van der Waals surface area contributed by atoms with E-state index in [9.17, 15) is 9.90 Å². The molecule has 1 rings (SSSR count). The Kier molecular flexibility index (Phi) is 3.73. The Hall–Kier alpha value is -1.26. The van der Waals surface area contributed by atoms with Crippen LogP contribution in [0.3, 0.4) is 0 Å². The molecule has 0 aliphatic rings. The lowest BCUT2D eigenvalue weighted by Crippen LogP contribution is -2.17. The number of hydrogen-bond acceptors (Lipinski definition) is 3. The zero-order valence-corrected chi connectivity index (χ0v) is 8.07. The summed E-state index contributed by atoms with van der Waals surface area (Å²) in [5.74, 6) is 0. The molecule has 0 aliphatic heterocycles. The molecule has 1 aromatic carbocycles. The number of rotatable bonds is 3. The number of aliphatic hydroxyl groups excluding tert-OH is 1. The summed E-state index contributed by atoms with van der Waals surface area (Å²) in [7, 11) is 0. The van der Waals surface area contributed by atoms with Crippen LogP contribution >= 0.6 is 11.6 Å². The number of hydrogen-bond donors (Lipinski definition) is 2. The topological polar surface area (TPSA) is 72.6 Å². The second kappa shape index (κ2) is 4.83. The van der Waals surface area contributed by atoms with Gasteiger partial charge in [-0.1, -0.05) is 23.7 Å². The van der Waals surface area contributed by atoms with E-state index in [1.807, 2.05) is 0 Å². The highest BCUT2D eigenvalue weighted by Gasteiger charge is 2.09. The first-order chi connectivity index (χ1) is 6.59. The minimum Gasteiger partial charge on any atom is -0.447 e. The highest BCUT2D eigenvalue weighted by molar-refractivity contribution is 6.30. The Labute approximate surface area is 86.2 Å². The molecule has 0 radical (unpaired) electrons. The minimum atomic E-state index is -0.911. The molecular formula is C9H10ClNO3. The summed E-state index contributed by atoms with van der Waals surface area (Å²) in [5.41, 5.74) is 5.33. The standard InChI is InChI=1S/C9H10ClNO3/c10-7-3-1-2-6(4-7)8(12)5-14-9(11)13/h1-4,8,12H,5H2,(H2,11,13)/t8-/m1/s1. The van der Waals surface area contributed by atoms with E-state index in [0.717, 1.165) is 0 Å². The van der Waals surface area contributed by atoms with E-state index in [4.69, 9.17) is 17.3 Å². The van der Waals surface area contributed by atoms with Gasteiger partial charge >= 0.3 is 6.09 Å². The molecule has 4 nitrogen and oxygen atoms in total. The summed E-state index contributed by atoms with van der Waals surface area (Å²) < 4.78 is 4.44. The lowest BCUT2D eigenvalue weighted by Gasteiger charge is -2.10. The normalized spacial score (nSPS) is 12.1. The van der Waals surface area contributed by atoms with Gasteiger partial charge in [-0.25, -0.2) is 4.79 Å². The van der Waals surface area contributed by atoms with Gasteiger partial charge in [-0.05, 0) is 17.7 Å². The summed E-state index contributed by atoms with van der Waals surface area (Å²) >= 11 is 5.71. The molecule has 0 saturated carbocycles. The van der Waals surface area contributed by atoms with Crippen molar-refractivity contribution in [1.29, 1.82) is 0 Å². The number of nitrogens with two attached hydrogens (primary N) is 1. The van der Waals surface area contributed by atoms with Crippen molar-refractivity contribution in [1.82, 2.24) is 0 Å². The van der Waals surface area contributed by atoms with E-state index in [1.54, 1.807) is 24.3 Å². The average molecular weight is 216 g/mol. The fourth-order valence-electron chi connectivity index (χ4n) is 0.971. The minimum absolute atomic E-state index is 0.171. The number of ether oxygens (including phenoxy) is 1. The molecule has 0 aliphatic carbocycles. The maximum absolute atomic E-state index is 10.3. The molecule has 0 aromatic heterocycles. The van der Waals surface area contributed by atoms with Gasteiger partial charge in [0.15, 0.2) is 0 Å². The van der Waals surface area contributed by atoms with Crippen molar-refractivity contribution < 1.29 is 14.6 Å². The molecule has 1 atom stereocenters. The fraction of sp³-hybridized carbons (Fsp3) is 0.222. The SMILES string of the molecule is NC(=O)OC[C@@H](O)c1cccc(Cl)c1. The number of aliphatic hydroxyl groups is 1. The van der Waals surface area contributed by atoms with E-state index >= 15 is 0 Å². The average Bonchev–Trinajstić information content (AvgIpc) is 2.14. The summed E-state index contributed by atoms with van der Waals surface area (Å²) in [6, 6.07) is 6.66. The van der Waals surface area contributed by atoms with Crippen molar-refractivity contribution in [3.63, 3.8) is 0 Å². The van der Waals surface area contributed by atoms with Crippen molar-refractivity contribution in [2.24, 2.45) is 5.73 Å². The van der Waals surface area contributed by atoms with Gasteiger partial charge < -0.3 is 15.6 Å². The van der Waals surface area contributed by atoms with E-state index < -0.39 is 12.2 Å². The molecule has 0 fully saturated rings. The molecule has 0 unspecified atom stereocenters. The Morgan fingerprint density at radius 1 is 1.64 bits per heavy atom. The van der Waals surface area contributed by atoms with E-state index in [2.05, 4.69) is 4.74 Å². The third kappa shape index (κ3) is 3.24. The summed E-state index contributed by atoms with van der Waals surface area (Å²) in [4.78, 5) is 10.3. The van der Waals surface area contributed by atoms with Crippen LogP contribution in [0.2, 0.25) is 5.02 Å². The Bertz CT molecular complexity index is 330. The van der Waals surface area contributed by atoms with Gasteiger partial charge in [0.1, 0.15) is 12.7 Å². The zero-order chi connectivity index (χ0) is 10.6. The molecule has 0 bridgehead atoms. The molecule has 76 valence electrons. The summed E-state index contributed by atoms with van der Waals surface area (Å²) in [6.07, 6.45) is -1.81. The smallest absolute Gasteiger partial charge is 0.404 e. The lowest BCUT2D eigenvalue weighted by atomic mass is 10.1. The van der Waals surface area contributed by atoms with Gasteiger partial charge in [0.25, 0.3) is 0 Å². The van der Waals surface area contributed by atoms with Crippen LogP contribution in [0.1, 0.15) is 11.7 Å². The van der Waals surface area contributed by atoms with Crippen molar-refractivity contribution in [2.45, 2.75) is 6.10 Å². The van der Waals surface area contributed by atoms with Crippen LogP contribution < -0.4 is 5.73 Å². The van der Waals surface area contributed by atoms with Gasteiger partial charge in [0.2, 0.25) is 0 Å². The van der Waals surface area contributed by atoms with Crippen molar-refractivity contribution in [3.05, 3.63) is 34.9 Å². The molecule has 0 saturated heterocycles. The number of carbonyl (C=O) groups excluding carboxylic acids is 1. The molecule has 0 heterocycles. The number of carbonyl (C=O) groups is 1. The van der Waals surface area contributed by atoms with Gasteiger partial charge in [-0.3, -0.25) is 0 Å². The van der Waals surface area contributed by atoms with Crippen LogP contribution in [-0.2, 0) is 4.74 Å². The van der Waals surface area contributed by atoms with E-state index in [0.29, 0.717) is 10.6 Å². The monoisotopic (exact) mass is 215 g/mol. The molecule has 14 heavy (non-hydrogen) atoms. The summed E-state index contributed by atoms with van der Waals surface area (Å²) in [5, 5.41) is 10.0. The van der Waals surface area contributed by atoms with Crippen LogP contribution in [0.4, 0.5) is 4.79 Å². The third-order valence-corrected chi connectivity index (χ3v) is 1.85. The first kappa shape index (κ1) is 10.8. The summed E-state index contributed by atoms with van der Waals surface area (Å²) in [6.45, 7) is -0.171. The van der Waals surface area contributed by atoms with E-state index in [1.165, 1.54) is 0 Å². The van der Waals surface area contributed by atoms with Crippen LogP contribution in [0, 0.1) is 0 Å². The number of benzene rings is 1. The van der Waals surface area contributed by atoms with Crippen LogP contribution in [0.5, 0.6) is 0 Å². The molecule has 3 N–H and O–H groups in total. The molecule has 0 spiro atoms. The Morgan fingerprint density at radius 3 is 2.93 bits per heavy atom. The van der Waals surface area contributed by atoms with Gasteiger partial charge in [0.05, 0.1) is 0 Å². The Balaban J connectivity index is 2.60.